The molecule has 0 saturated heterocycles. The summed E-state index contributed by atoms with van der Waals surface area (Å²) in [4.78, 5) is 25.0. The van der Waals surface area contributed by atoms with Crippen molar-refractivity contribution < 1.29 is 9.59 Å². The average molecular weight is 324 g/mol. The Kier molecular flexibility index (Phi) is 3.46. The van der Waals surface area contributed by atoms with Crippen molar-refractivity contribution in [1.29, 1.82) is 0 Å². The van der Waals surface area contributed by atoms with E-state index in [-0.39, 0.29) is 11.8 Å². The molecule has 0 unspecified atom stereocenters. The van der Waals surface area contributed by atoms with E-state index in [2.05, 4.69) is 0 Å². The second kappa shape index (κ2) is 5.13. The Morgan fingerprint density at radius 1 is 0.900 bits per heavy atom. The first-order chi connectivity index (χ1) is 9.58. The molecule has 2 aromatic rings. The summed E-state index contributed by atoms with van der Waals surface area (Å²) in [6.45, 7) is 0. The van der Waals surface area contributed by atoms with Crippen molar-refractivity contribution in [2.75, 3.05) is 0 Å². The molecule has 0 aromatic heterocycles. The van der Waals surface area contributed by atoms with Crippen LogP contribution in [0.4, 0.5) is 0 Å². The smallest absolute Gasteiger partial charge is 0.268 e. The maximum Gasteiger partial charge on any atom is 0.272 e. The SMILES string of the molecule is O=C1c2ccccc2C(=O)N1Sc1cc(Cl)ccc1Cl. The van der Waals surface area contributed by atoms with Crippen molar-refractivity contribution in [3.8, 4) is 0 Å². The van der Waals surface area contributed by atoms with E-state index in [0.29, 0.717) is 26.1 Å². The summed E-state index contributed by atoms with van der Waals surface area (Å²) >= 11 is 12.9. The fourth-order valence-electron chi connectivity index (χ4n) is 1.90. The molecule has 0 aliphatic carbocycles. The largest absolute Gasteiger partial charge is 0.272 e. The molecule has 0 saturated carbocycles. The van der Waals surface area contributed by atoms with E-state index in [1.807, 2.05) is 0 Å². The van der Waals surface area contributed by atoms with Crippen LogP contribution >= 0.6 is 35.1 Å². The zero-order chi connectivity index (χ0) is 14.3. The molecular formula is C14H7Cl2NO2S. The van der Waals surface area contributed by atoms with Gasteiger partial charge < -0.3 is 0 Å². The summed E-state index contributed by atoms with van der Waals surface area (Å²) in [5.41, 5.74) is 0.811. The Balaban J connectivity index is 1.96. The zero-order valence-corrected chi connectivity index (χ0v) is 12.3. The van der Waals surface area contributed by atoms with Crippen LogP contribution in [0.5, 0.6) is 0 Å². The minimum Gasteiger partial charge on any atom is -0.268 e. The number of rotatable bonds is 2. The first-order valence-electron chi connectivity index (χ1n) is 5.69. The van der Waals surface area contributed by atoms with Crippen molar-refractivity contribution >= 4 is 47.0 Å². The van der Waals surface area contributed by atoms with Gasteiger partial charge in [0.15, 0.2) is 0 Å². The van der Waals surface area contributed by atoms with Crippen molar-refractivity contribution in [3.05, 3.63) is 63.6 Å². The number of hydrogen-bond donors (Lipinski definition) is 0. The number of nitrogens with zero attached hydrogens (tertiary/aromatic N) is 1. The predicted octanol–water partition coefficient (Wildman–Crippen LogP) is 4.30. The van der Waals surface area contributed by atoms with Crippen LogP contribution in [0.15, 0.2) is 47.4 Å². The molecule has 1 aliphatic rings. The van der Waals surface area contributed by atoms with Gasteiger partial charge in [-0.15, -0.1) is 0 Å². The minimum atomic E-state index is -0.341. The van der Waals surface area contributed by atoms with Crippen LogP contribution in [0.25, 0.3) is 0 Å². The van der Waals surface area contributed by atoms with E-state index in [1.165, 1.54) is 0 Å². The number of carbonyl (C=O) groups is 2. The minimum absolute atomic E-state index is 0.341. The van der Waals surface area contributed by atoms with E-state index < -0.39 is 0 Å². The van der Waals surface area contributed by atoms with Gasteiger partial charge in [0.1, 0.15) is 0 Å². The first kappa shape index (κ1) is 13.5. The molecule has 20 heavy (non-hydrogen) atoms. The average Bonchev–Trinajstić information content (AvgIpc) is 2.68. The molecule has 0 spiro atoms. The first-order valence-corrected chi connectivity index (χ1v) is 7.21. The number of amides is 2. The molecule has 0 atom stereocenters. The lowest BCUT2D eigenvalue weighted by molar-refractivity contribution is 0.0777. The van der Waals surface area contributed by atoms with E-state index in [4.69, 9.17) is 23.2 Å². The van der Waals surface area contributed by atoms with Crippen molar-refractivity contribution in [1.82, 2.24) is 4.31 Å². The van der Waals surface area contributed by atoms with Crippen LogP contribution in [0.2, 0.25) is 10.0 Å². The number of imide groups is 1. The van der Waals surface area contributed by atoms with Gasteiger partial charge in [-0.25, -0.2) is 4.31 Å². The fraction of sp³-hybridized carbons (Fsp3) is 0. The summed E-state index contributed by atoms with van der Waals surface area (Å²) in [6.07, 6.45) is 0. The summed E-state index contributed by atoms with van der Waals surface area (Å²) in [5.74, 6) is -0.682. The summed E-state index contributed by atoms with van der Waals surface area (Å²) < 4.78 is 1.10. The highest BCUT2D eigenvalue weighted by atomic mass is 35.5. The topological polar surface area (TPSA) is 37.4 Å². The van der Waals surface area contributed by atoms with Crippen LogP contribution in [-0.4, -0.2) is 16.1 Å². The van der Waals surface area contributed by atoms with Gasteiger partial charge in [-0.3, -0.25) is 9.59 Å². The molecule has 1 heterocycles. The molecule has 3 rings (SSSR count). The third-order valence-corrected chi connectivity index (χ3v) is 4.57. The van der Waals surface area contributed by atoms with Crippen LogP contribution in [0.1, 0.15) is 20.7 Å². The number of fused-ring (bicyclic) bond motifs is 1. The maximum atomic E-state index is 12.2. The highest BCUT2D eigenvalue weighted by Crippen LogP contribution is 2.37. The van der Waals surface area contributed by atoms with E-state index in [1.54, 1.807) is 42.5 Å². The summed E-state index contributed by atoms with van der Waals surface area (Å²) in [5, 5.41) is 0.935. The van der Waals surface area contributed by atoms with Gasteiger partial charge in [0, 0.05) is 21.9 Å². The predicted molar refractivity (Wildman–Crippen MR) is 79.3 cm³/mol. The quantitative estimate of drug-likeness (QED) is 0.611. The van der Waals surface area contributed by atoms with Crippen LogP contribution in [0, 0.1) is 0 Å². The van der Waals surface area contributed by atoms with Gasteiger partial charge in [-0.2, -0.15) is 0 Å². The van der Waals surface area contributed by atoms with E-state index in [0.717, 1.165) is 16.3 Å². The van der Waals surface area contributed by atoms with Crippen molar-refractivity contribution in [2.24, 2.45) is 0 Å². The number of benzene rings is 2. The molecule has 2 amide bonds. The highest BCUT2D eigenvalue weighted by Gasteiger charge is 2.36. The molecule has 3 nitrogen and oxygen atoms in total. The normalized spacial score (nSPS) is 13.8. The molecular weight excluding hydrogens is 317 g/mol. The third kappa shape index (κ3) is 2.20. The second-order valence-electron chi connectivity index (χ2n) is 4.12. The Bertz CT molecular complexity index is 698. The molecule has 0 N–H and O–H groups in total. The molecule has 2 aromatic carbocycles. The molecule has 100 valence electrons. The van der Waals surface area contributed by atoms with E-state index >= 15 is 0 Å². The van der Waals surface area contributed by atoms with Gasteiger partial charge in [-0.05, 0) is 30.3 Å². The number of carbonyl (C=O) groups excluding carboxylic acids is 2. The zero-order valence-electron chi connectivity index (χ0n) is 9.97. The molecule has 0 fully saturated rings. The Hall–Kier alpha value is -1.49. The Morgan fingerprint density at radius 2 is 1.50 bits per heavy atom. The number of hydrogen-bond acceptors (Lipinski definition) is 3. The summed E-state index contributed by atoms with van der Waals surface area (Å²) in [7, 11) is 0. The monoisotopic (exact) mass is 323 g/mol. The van der Waals surface area contributed by atoms with Gasteiger partial charge >= 0.3 is 0 Å². The van der Waals surface area contributed by atoms with Crippen LogP contribution in [0.3, 0.4) is 0 Å². The lowest BCUT2D eigenvalue weighted by atomic mass is 10.1. The van der Waals surface area contributed by atoms with Crippen molar-refractivity contribution in [2.45, 2.75) is 4.90 Å². The Labute approximate surface area is 129 Å². The summed E-state index contributed by atoms with van der Waals surface area (Å²) in [6, 6.07) is 11.6. The lowest BCUT2D eigenvalue weighted by Gasteiger charge is -2.13. The highest BCUT2D eigenvalue weighted by molar-refractivity contribution is 7.98. The number of halogens is 2. The molecule has 0 radical (unpaired) electrons. The third-order valence-electron chi connectivity index (χ3n) is 2.84. The van der Waals surface area contributed by atoms with Gasteiger partial charge in [0.25, 0.3) is 11.8 Å². The Morgan fingerprint density at radius 3 is 2.10 bits per heavy atom. The molecule has 6 heteroatoms. The molecule has 1 aliphatic heterocycles. The van der Waals surface area contributed by atoms with Gasteiger partial charge in [-0.1, -0.05) is 35.3 Å². The van der Waals surface area contributed by atoms with Crippen LogP contribution in [-0.2, 0) is 0 Å². The second-order valence-corrected chi connectivity index (χ2v) is 5.95. The van der Waals surface area contributed by atoms with E-state index in [9.17, 15) is 9.59 Å². The van der Waals surface area contributed by atoms with Gasteiger partial charge in [0.2, 0.25) is 0 Å². The maximum absolute atomic E-state index is 12.2. The standard InChI is InChI=1S/C14H7Cl2NO2S/c15-8-5-6-11(16)12(7-8)20-17-13(18)9-3-1-2-4-10(9)14(17)19/h1-7H. The van der Waals surface area contributed by atoms with Crippen molar-refractivity contribution in [3.63, 3.8) is 0 Å². The lowest BCUT2D eigenvalue weighted by Crippen LogP contribution is -2.21. The van der Waals surface area contributed by atoms with Crippen LogP contribution < -0.4 is 0 Å². The molecule has 0 bridgehead atoms. The fourth-order valence-corrected chi connectivity index (χ4v) is 3.25. The van der Waals surface area contributed by atoms with Gasteiger partial charge in [0.05, 0.1) is 16.1 Å².